The molecule has 1 aliphatic rings. The average molecular weight is 193 g/mol. The third-order valence-electron chi connectivity index (χ3n) is 3.16. The Kier molecular flexibility index (Phi) is 2.59. The predicted molar refractivity (Wildman–Crippen MR) is 57.4 cm³/mol. The Balaban J connectivity index is 2.25. The zero-order valence-corrected chi connectivity index (χ0v) is 9.08. The molecular weight excluding hydrogens is 174 g/mol. The highest BCUT2D eigenvalue weighted by Gasteiger charge is 2.32. The molecule has 3 nitrogen and oxygen atoms in total. The van der Waals surface area contributed by atoms with Gasteiger partial charge in [0.2, 0.25) is 0 Å². The van der Waals surface area contributed by atoms with Crippen molar-refractivity contribution in [2.24, 2.45) is 0 Å². The molecule has 1 aromatic heterocycles. The topological polar surface area (TPSA) is 29.9 Å². The number of nitrogens with one attached hydrogen (secondary N) is 1. The highest BCUT2D eigenvalue weighted by molar-refractivity contribution is 5.17. The third kappa shape index (κ3) is 1.57. The minimum atomic E-state index is 0.297. The monoisotopic (exact) mass is 193 g/mol. The average Bonchev–Trinajstić information content (AvgIpc) is 2.75. The summed E-state index contributed by atoms with van der Waals surface area (Å²) in [6.07, 6.45) is 6.39. The Morgan fingerprint density at radius 2 is 2.50 bits per heavy atom. The lowest BCUT2D eigenvalue weighted by Crippen LogP contribution is -2.27. The van der Waals surface area contributed by atoms with Crippen molar-refractivity contribution in [1.29, 1.82) is 0 Å². The molecule has 78 valence electrons. The Hall–Kier alpha value is -0.830. The minimum absolute atomic E-state index is 0.297. The van der Waals surface area contributed by atoms with E-state index in [1.807, 2.05) is 12.5 Å². The van der Waals surface area contributed by atoms with Crippen molar-refractivity contribution in [3.05, 3.63) is 18.2 Å². The Morgan fingerprint density at radius 3 is 3.14 bits per heavy atom. The summed E-state index contributed by atoms with van der Waals surface area (Å²) < 4.78 is 2.30. The number of imidazole rings is 1. The van der Waals surface area contributed by atoms with Crippen LogP contribution >= 0.6 is 0 Å². The first-order valence-electron chi connectivity index (χ1n) is 5.47. The van der Waals surface area contributed by atoms with Gasteiger partial charge < -0.3 is 9.88 Å². The molecule has 0 bridgehead atoms. The van der Waals surface area contributed by atoms with Crippen molar-refractivity contribution >= 4 is 0 Å². The molecule has 0 aliphatic carbocycles. The smallest absolute Gasteiger partial charge is 0.0948 e. The fourth-order valence-corrected chi connectivity index (χ4v) is 2.28. The molecule has 1 atom stereocenters. The van der Waals surface area contributed by atoms with E-state index >= 15 is 0 Å². The van der Waals surface area contributed by atoms with Crippen LogP contribution in [0.15, 0.2) is 12.5 Å². The van der Waals surface area contributed by atoms with Crippen LogP contribution < -0.4 is 5.32 Å². The zero-order valence-electron chi connectivity index (χ0n) is 9.08. The van der Waals surface area contributed by atoms with E-state index in [1.54, 1.807) is 0 Å². The number of hydrogen-bond donors (Lipinski definition) is 1. The molecule has 1 unspecified atom stereocenters. The highest BCUT2D eigenvalue weighted by Crippen LogP contribution is 2.29. The first-order chi connectivity index (χ1) is 6.76. The van der Waals surface area contributed by atoms with Crippen LogP contribution in [0.2, 0.25) is 0 Å². The van der Waals surface area contributed by atoms with Gasteiger partial charge in [0.15, 0.2) is 0 Å². The zero-order chi connectivity index (χ0) is 10.0. The lowest BCUT2D eigenvalue weighted by Gasteiger charge is -2.24. The summed E-state index contributed by atoms with van der Waals surface area (Å²) in [5.74, 6) is 0. The van der Waals surface area contributed by atoms with Gasteiger partial charge in [0.1, 0.15) is 0 Å². The van der Waals surface area contributed by atoms with E-state index in [9.17, 15) is 0 Å². The second kappa shape index (κ2) is 3.73. The molecule has 0 aromatic carbocycles. The maximum atomic E-state index is 4.27. The largest absolute Gasteiger partial charge is 0.334 e. The molecule has 1 aliphatic heterocycles. The second-order valence-electron chi connectivity index (χ2n) is 4.46. The molecule has 0 spiro atoms. The van der Waals surface area contributed by atoms with Crippen LogP contribution in [-0.4, -0.2) is 22.6 Å². The molecule has 1 fully saturated rings. The number of aromatic nitrogens is 2. The maximum Gasteiger partial charge on any atom is 0.0948 e. The first-order valence-corrected chi connectivity index (χ1v) is 5.47. The molecule has 0 amide bonds. The molecule has 2 rings (SSSR count). The summed E-state index contributed by atoms with van der Waals surface area (Å²) in [6.45, 7) is 7.84. The second-order valence-corrected chi connectivity index (χ2v) is 4.46. The lowest BCUT2D eigenvalue weighted by atomic mass is 9.86. The van der Waals surface area contributed by atoms with Crippen LogP contribution in [0.3, 0.4) is 0 Å². The van der Waals surface area contributed by atoms with E-state index in [0.29, 0.717) is 5.41 Å². The van der Waals surface area contributed by atoms with Gasteiger partial charge in [0, 0.05) is 30.4 Å². The van der Waals surface area contributed by atoms with Gasteiger partial charge in [-0.25, -0.2) is 4.98 Å². The normalized spacial score (nSPS) is 27.0. The van der Waals surface area contributed by atoms with Crippen LogP contribution in [-0.2, 0) is 12.0 Å². The molecule has 1 aromatic rings. The van der Waals surface area contributed by atoms with E-state index in [4.69, 9.17) is 0 Å². The summed E-state index contributed by atoms with van der Waals surface area (Å²) in [6, 6.07) is 0. The molecule has 3 heteroatoms. The van der Waals surface area contributed by atoms with Crippen molar-refractivity contribution in [3.63, 3.8) is 0 Å². The Labute approximate surface area is 85.5 Å². The number of aryl methyl sites for hydroxylation is 1. The van der Waals surface area contributed by atoms with Crippen molar-refractivity contribution < 1.29 is 0 Å². The van der Waals surface area contributed by atoms with Crippen molar-refractivity contribution in [2.75, 3.05) is 13.1 Å². The quantitative estimate of drug-likeness (QED) is 0.789. The van der Waals surface area contributed by atoms with Crippen LogP contribution in [0.4, 0.5) is 0 Å². The Morgan fingerprint density at radius 1 is 1.64 bits per heavy atom. The summed E-state index contributed by atoms with van der Waals surface area (Å²) in [5.41, 5.74) is 1.69. The van der Waals surface area contributed by atoms with E-state index in [0.717, 1.165) is 19.6 Å². The van der Waals surface area contributed by atoms with Gasteiger partial charge in [0.05, 0.1) is 6.33 Å². The minimum Gasteiger partial charge on any atom is -0.334 e. The number of rotatable bonds is 3. The standard InChI is InChI=1S/C11H19N3/c1-3-6-14-9-13-7-10(14)11(2)4-5-12-8-11/h7,9,12H,3-6,8H2,1-2H3. The van der Waals surface area contributed by atoms with E-state index < -0.39 is 0 Å². The van der Waals surface area contributed by atoms with E-state index in [1.165, 1.54) is 18.5 Å². The molecular formula is C11H19N3. The van der Waals surface area contributed by atoms with Crippen molar-refractivity contribution in [2.45, 2.75) is 38.6 Å². The molecule has 0 radical (unpaired) electrons. The van der Waals surface area contributed by atoms with Gasteiger partial charge in [-0.2, -0.15) is 0 Å². The summed E-state index contributed by atoms with van der Waals surface area (Å²) in [5, 5.41) is 3.43. The molecule has 2 heterocycles. The van der Waals surface area contributed by atoms with Crippen molar-refractivity contribution in [3.8, 4) is 0 Å². The SMILES string of the molecule is CCCn1cncc1C1(C)CCNC1. The highest BCUT2D eigenvalue weighted by atomic mass is 15.1. The molecule has 1 N–H and O–H groups in total. The first kappa shape index (κ1) is 9.71. The van der Waals surface area contributed by atoms with Gasteiger partial charge in [-0.3, -0.25) is 0 Å². The molecule has 1 saturated heterocycles. The van der Waals surface area contributed by atoms with Gasteiger partial charge in [-0.05, 0) is 19.4 Å². The van der Waals surface area contributed by atoms with Crippen LogP contribution in [0.1, 0.15) is 32.4 Å². The van der Waals surface area contributed by atoms with Crippen LogP contribution in [0.5, 0.6) is 0 Å². The van der Waals surface area contributed by atoms with Gasteiger partial charge in [-0.1, -0.05) is 13.8 Å². The maximum absolute atomic E-state index is 4.27. The summed E-state index contributed by atoms with van der Waals surface area (Å²) in [4.78, 5) is 4.27. The number of hydrogen-bond acceptors (Lipinski definition) is 2. The van der Waals surface area contributed by atoms with Crippen LogP contribution in [0.25, 0.3) is 0 Å². The Bertz CT molecular complexity index is 297. The molecule has 14 heavy (non-hydrogen) atoms. The summed E-state index contributed by atoms with van der Waals surface area (Å²) >= 11 is 0. The lowest BCUT2D eigenvalue weighted by molar-refractivity contribution is 0.470. The van der Waals surface area contributed by atoms with E-state index in [2.05, 4.69) is 28.7 Å². The molecule has 0 saturated carbocycles. The summed E-state index contributed by atoms with van der Waals surface area (Å²) in [7, 11) is 0. The van der Waals surface area contributed by atoms with Crippen LogP contribution in [0, 0.1) is 0 Å². The third-order valence-corrected chi connectivity index (χ3v) is 3.16. The van der Waals surface area contributed by atoms with Gasteiger partial charge in [0.25, 0.3) is 0 Å². The predicted octanol–water partition coefficient (Wildman–Crippen LogP) is 1.54. The van der Waals surface area contributed by atoms with Gasteiger partial charge in [-0.15, -0.1) is 0 Å². The van der Waals surface area contributed by atoms with E-state index in [-0.39, 0.29) is 0 Å². The number of nitrogens with zero attached hydrogens (tertiary/aromatic N) is 2. The van der Waals surface area contributed by atoms with Crippen molar-refractivity contribution in [1.82, 2.24) is 14.9 Å². The van der Waals surface area contributed by atoms with Gasteiger partial charge >= 0.3 is 0 Å². The fourth-order valence-electron chi connectivity index (χ4n) is 2.28. The fraction of sp³-hybridized carbons (Fsp3) is 0.727.